The average molecular weight is 898 g/mol. The van der Waals surface area contributed by atoms with E-state index in [4.69, 9.17) is 24.2 Å². The molecule has 0 unspecified atom stereocenters. The summed E-state index contributed by atoms with van der Waals surface area (Å²) in [7, 11) is 3.33. The van der Waals surface area contributed by atoms with E-state index in [1.807, 2.05) is 32.2 Å². The Morgan fingerprint density at radius 2 is 1.92 bits per heavy atom. The lowest BCUT2D eigenvalue weighted by Gasteiger charge is -2.53. The van der Waals surface area contributed by atoms with Crippen molar-refractivity contribution in [3.8, 4) is 22.5 Å². The van der Waals surface area contributed by atoms with Crippen LogP contribution >= 0.6 is 11.3 Å². The minimum atomic E-state index is -1.06. The summed E-state index contributed by atoms with van der Waals surface area (Å²) in [6, 6.07) is 7.43. The highest BCUT2D eigenvalue weighted by atomic mass is 32.1. The molecule has 4 amide bonds. The Hall–Kier alpha value is -4.94. The number of carbonyl (C=O) groups excluding carboxylic acids is 4. The molecule has 17 heteroatoms. The van der Waals surface area contributed by atoms with E-state index < -0.39 is 47.0 Å². The van der Waals surface area contributed by atoms with Gasteiger partial charge in [-0.1, -0.05) is 33.8 Å². The second-order valence-corrected chi connectivity index (χ2v) is 19.7. The molecule has 16 nitrogen and oxygen atoms in total. The Labute approximate surface area is 379 Å². The molecule has 1 spiro atoms. The van der Waals surface area contributed by atoms with Crippen LogP contribution in [0, 0.1) is 11.3 Å². The van der Waals surface area contributed by atoms with Crippen LogP contribution < -0.4 is 16.1 Å². The largest absolute Gasteiger partial charge is 0.464 e. The second kappa shape index (κ2) is 18.5. The minimum Gasteiger partial charge on any atom is -0.464 e. The Morgan fingerprint density at radius 3 is 2.64 bits per heavy atom. The molecular weight excluding hydrogens is 835 g/mol. The number of hydrogen-bond acceptors (Lipinski definition) is 12. The van der Waals surface area contributed by atoms with Gasteiger partial charge in [-0.15, -0.1) is 11.3 Å². The van der Waals surface area contributed by atoms with Crippen molar-refractivity contribution in [3.05, 3.63) is 58.2 Å². The number of urea groups is 1. The lowest BCUT2D eigenvalue weighted by molar-refractivity contribution is -0.193. The van der Waals surface area contributed by atoms with E-state index in [1.54, 1.807) is 25.3 Å². The number of esters is 1. The first-order valence-electron chi connectivity index (χ1n) is 22.7. The van der Waals surface area contributed by atoms with Gasteiger partial charge in [-0.05, 0) is 75.3 Å². The predicted molar refractivity (Wildman–Crippen MR) is 244 cm³/mol. The van der Waals surface area contributed by atoms with Crippen LogP contribution in [0.2, 0.25) is 0 Å². The number of rotatable bonds is 8. The number of carbonyl (C=O) groups is 4. The summed E-state index contributed by atoms with van der Waals surface area (Å²) in [5.74, 6) is -1.59. The molecule has 3 N–H and O–H groups in total. The van der Waals surface area contributed by atoms with Crippen molar-refractivity contribution in [2.45, 2.75) is 110 Å². The van der Waals surface area contributed by atoms with Crippen molar-refractivity contribution in [1.82, 2.24) is 45.4 Å². The van der Waals surface area contributed by atoms with Crippen LogP contribution in [0.3, 0.4) is 0 Å². The van der Waals surface area contributed by atoms with Crippen LogP contribution in [0.25, 0.3) is 33.4 Å². The summed E-state index contributed by atoms with van der Waals surface area (Å²) in [5.41, 5.74) is 8.63. The van der Waals surface area contributed by atoms with Gasteiger partial charge in [0.25, 0.3) is 5.91 Å². The third-order valence-corrected chi connectivity index (χ3v) is 14.1. The smallest absolute Gasteiger partial charge is 0.324 e. The van der Waals surface area contributed by atoms with Crippen LogP contribution in [0.15, 0.2) is 41.9 Å². The molecule has 4 aromatic rings. The monoisotopic (exact) mass is 897 g/mol. The predicted octanol–water partition coefficient (Wildman–Crippen LogP) is 5.30. The van der Waals surface area contributed by atoms with Crippen molar-refractivity contribution in [2.75, 3.05) is 53.6 Å². The standard InChI is InChI=1S/C47H63N9O7S/c1-9-54-37-16-15-30-21-32(37)33(41(54)31-13-10-17-49-39(31)29(4)61-8)23-46(5,6)27-62-44(59)34-14-11-19-56(52-34)43(58)35(22-38-50-36(30)24-64-38)51-42(57)40(28(2)3)53(7)45(60)55-18-12-20-63-47(55)25-48-26-47/h10,13,15-17,21,24,28-29,34-35,40,48,52H,9,11-12,14,18-20,22-23,25-27H2,1-8H3,(H,51,57)/t29-,34-,35-,40-/m0/s1. The van der Waals surface area contributed by atoms with Gasteiger partial charge in [0.15, 0.2) is 5.72 Å². The summed E-state index contributed by atoms with van der Waals surface area (Å²) in [4.78, 5) is 70.3. The van der Waals surface area contributed by atoms with Gasteiger partial charge in [-0.2, -0.15) is 0 Å². The molecule has 3 fully saturated rings. The van der Waals surface area contributed by atoms with E-state index in [9.17, 15) is 19.2 Å². The van der Waals surface area contributed by atoms with E-state index >= 15 is 0 Å². The van der Waals surface area contributed by atoms with Gasteiger partial charge in [-0.25, -0.2) is 15.2 Å². The fourth-order valence-electron chi connectivity index (χ4n) is 9.72. The molecular formula is C47H63N9O7S. The van der Waals surface area contributed by atoms with Crippen LogP contribution in [0.1, 0.15) is 83.2 Å². The van der Waals surface area contributed by atoms with Crippen LogP contribution in [-0.2, 0) is 48.0 Å². The molecule has 1 aromatic carbocycles. The number of methoxy groups -OCH3 is 1. The molecule has 7 heterocycles. The number of aryl methyl sites for hydroxylation is 1. The molecule has 4 atom stereocenters. The number of pyridine rings is 1. The fourth-order valence-corrected chi connectivity index (χ4v) is 10.6. The number of nitrogens with zero attached hydrogens (tertiary/aromatic N) is 6. The normalized spacial score (nSPS) is 22.1. The molecule has 4 aliphatic heterocycles. The fraction of sp³-hybridized carbons (Fsp3) is 0.574. The number of likely N-dealkylation sites (N-methyl/N-ethyl adjacent to an activating group) is 1. The topological polar surface area (TPSA) is 172 Å². The second-order valence-electron chi connectivity index (χ2n) is 18.8. The molecule has 3 saturated heterocycles. The van der Waals surface area contributed by atoms with Crippen LogP contribution in [0.4, 0.5) is 4.79 Å². The summed E-state index contributed by atoms with van der Waals surface area (Å²) < 4.78 is 20.3. The van der Waals surface area contributed by atoms with Gasteiger partial charge in [0, 0.05) is 92.3 Å². The van der Waals surface area contributed by atoms with Crippen LogP contribution in [0.5, 0.6) is 0 Å². The average Bonchev–Trinajstić information content (AvgIpc) is 3.87. The molecule has 8 rings (SSSR count). The number of amides is 4. The summed E-state index contributed by atoms with van der Waals surface area (Å²) in [6.45, 7) is 15.4. The number of hydrazine groups is 1. The molecule has 0 aliphatic carbocycles. The first-order valence-corrected chi connectivity index (χ1v) is 23.5. The highest BCUT2D eigenvalue weighted by Crippen LogP contribution is 2.42. The summed E-state index contributed by atoms with van der Waals surface area (Å²) in [6.07, 6.45) is 3.96. The number of thiazole rings is 1. The third kappa shape index (κ3) is 8.76. The van der Waals surface area contributed by atoms with Gasteiger partial charge in [-0.3, -0.25) is 29.3 Å². The van der Waals surface area contributed by atoms with Gasteiger partial charge >= 0.3 is 12.0 Å². The SMILES string of the molecule is CCn1c(-c2cccnc2[C@H](C)OC)c2c3cc(ccc31)-c1csc(n1)C[C@H](NC(=O)[C@H](C(C)C)N(C)C(=O)N1CCCOC13CNC3)C(=O)N1CCC[C@H](N1)C(=O)OCC(C)(C)C2. The van der Waals surface area contributed by atoms with Crippen molar-refractivity contribution in [2.24, 2.45) is 11.3 Å². The van der Waals surface area contributed by atoms with Gasteiger partial charge in [0.2, 0.25) is 5.91 Å². The number of benzene rings is 1. The molecule has 4 aliphatic rings. The van der Waals surface area contributed by atoms with Gasteiger partial charge in [0.05, 0.1) is 41.4 Å². The zero-order valence-corrected chi connectivity index (χ0v) is 39.2. The Kier molecular flexibility index (Phi) is 13.2. The number of ether oxygens (including phenoxy) is 3. The van der Waals surface area contributed by atoms with E-state index in [2.05, 4.69) is 65.7 Å². The number of aromatic nitrogens is 3. The Bertz CT molecular complexity index is 2390. The zero-order chi connectivity index (χ0) is 45.5. The van der Waals surface area contributed by atoms with E-state index in [0.717, 1.165) is 44.7 Å². The van der Waals surface area contributed by atoms with Gasteiger partial charge < -0.3 is 34.3 Å². The lowest BCUT2D eigenvalue weighted by Crippen LogP contribution is -2.75. The van der Waals surface area contributed by atoms with Crippen LogP contribution in [-0.4, -0.2) is 131 Å². The number of nitrogens with one attached hydrogen (secondary N) is 3. The lowest BCUT2D eigenvalue weighted by atomic mass is 9.84. The molecule has 344 valence electrons. The minimum absolute atomic E-state index is 0.0965. The number of fused-ring (bicyclic) bond motifs is 6. The van der Waals surface area contributed by atoms with Crippen molar-refractivity contribution < 1.29 is 33.4 Å². The van der Waals surface area contributed by atoms with E-state index in [0.29, 0.717) is 70.0 Å². The highest BCUT2D eigenvalue weighted by Gasteiger charge is 2.50. The van der Waals surface area contributed by atoms with Crippen molar-refractivity contribution in [1.29, 1.82) is 0 Å². The number of cyclic esters (lactones) is 1. The summed E-state index contributed by atoms with van der Waals surface area (Å²) >= 11 is 1.42. The maximum Gasteiger partial charge on any atom is 0.324 e. The van der Waals surface area contributed by atoms with Gasteiger partial charge in [0.1, 0.15) is 18.1 Å². The molecule has 0 saturated carbocycles. The quantitative estimate of drug-likeness (QED) is 0.196. The van der Waals surface area contributed by atoms with E-state index in [1.165, 1.54) is 21.2 Å². The maximum atomic E-state index is 14.6. The third-order valence-electron chi connectivity index (χ3n) is 13.2. The number of hydrogen-bond donors (Lipinski definition) is 3. The molecule has 3 aromatic heterocycles. The molecule has 6 bridgehead atoms. The Morgan fingerprint density at radius 1 is 1.12 bits per heavy atom. The molecule has 64 heavy (non-hydrogen) atoms. The first kappa shape index (κ1) is 45.6. The maximum absolute atomic E-state index is 14.6. The first-order chi connectivity index (χ1) is 30.6. The molecule has 0 radical (unpaired) electrons. The van der Waals surface area contributed by atoms with Crippen molar-refractivity contribution in [3.63, 3.8) is 0 Å². The zero-order valence-electron chi connectivity index (χ0n) is 38.4. The summed E-state index contributed by atoms with van der Waals surface area (Å²) in [5, 5.41) is 11.4. The van der Waals surface area contributed by atoms with E-state index in [-0.39, 0.29) is 31.1 Å². The Balaban J connectivity index is 1.17. The van der Waals surface area contributed by atoms with Crippen molar-refractivity contribution >= 4 is 46.1 Å². The highest BCUT2D eigenvalue weighted by molar-refractivity contribution is 7.10.